The molecule has 0 aliphatic rings. The molecule has 10 heteroatoms. The predicted molar refractivity (Wildman–Crippen MR) is 87.0 cm³/mol. The summed E-state index contributed by atoms with van der Waals surface area (Å²) in [4.78, 5) is 14.3. The number of carbonyl (C=O) groups is 1. The Balaban J connectivity index is 3.53. The average molecular weight is 395 g/mol. The molecule has 0 saturated heterocycles. The Morgan fingerprint density at radius 3 is 2.19 bits per heavy atom. The second-order valence-corrected chi connectivity index (χ2v) is 5.86. The van der Waals surface area contributed by atoms with Crippen molar-refractivity contribution in [2.24, 2.45) is 0 Å². The summed E-state index contributed by atoms with van der Waals surface area (Å²) in [7, 11) is 1.40. The zero-order valence-corrected chi connectivity index (χ0v) is 14.9. The van der Waals surface area contributed by atoms with Gasteiger partial charge in [0.15, 0.2) is 0 Å². The molecule has 150 valence electrons. The van der Waals surface area contributed by atoms with E-state index in [-0.39, 0.29) is 13.0 Å². The average Bonchev–Trinajstić information content (AvgIpc) is 2.58. The largest absolute Gasteiger partial charge is 0.417 e. The molecule has 1 aromatic carbocycles. The highest BCUT2D eigenvalue weighted by Crippen LogP contribution is 2.36. The van der Waals surface area contributed by atoms with Crippen molar-refractivity contribution in [3.63, 3.8) is 0 Å². The third-order valence-corrected chi connectivity index (χ3v) is 4.01. The van der Waals surface area contributed by atoms with Crippen molar-refractivity contribution in [3.8, 4) is 6.07 Å². The van der Waals surface area contributed by atoms with Crippen molar-refractivity contribution in [2.45, 2.75) is 38.7 Å². The van der Waals surface area contributed by atoms with Crippen LogP contribution in [-0.4, -0.2) is 43.2 Å². The Morgan fingerprint density at radius 1 is 1.19 bits per heavy atom. The molecular formula is C17H19F6N3O. The van der Waals surface area contributed by atoms with Crippen LogP contribution in [0.2, 0.25) is 0 Å². The van der Waals surface area contributed by atoms with Crippen molar-refractivity contribution in [2.75, 3.05) is 25.0 Å². The normalized spacial score (nSPS) is 13.0. The summed E-state index contributed by atoms with van der Waals surface area (Å²) in [5.74, 6) is -0.637. The van der Waals surface area contributed by atoms with Gasteiger partial charge in [-0.25, -0.2) is 0 Å². The molecule has 0 bridgehead atoms. The summed E-state index contributed by atoms with van der Waals surface area (Å²) >= 11 is 0. The predicted octanol–water partition coefficient (Wildman–Crippen LogP) is 4.20. The highest BCUT2D eigenvalue weighted by atomic mass is 19.4. The van der Waals surface area contributed by atoms with Crippen LogP contribution in [0.5, 0.6) is 0 Å². The van der Waals surface area contributed by atoms with Crippen molar-refractivity contribution >= 4 is 11.6 Å². The number of anilines is 1. The topological polar surface area (TPSA) is 47.3 Å². The fourth-order valence-corrected chi connectivity index (χ4v) is 2.56. The molecule has 1 unspecified atom stereocenters. The van der Waals surface area contributed by atoms with E-state index in [9.17, 15) is 31.1 Å². The van der Waals surface area contributed by atoms with Gasteiger partial charge in [0.25, 0.3) is 0 Å². The Hall–Kier alpha value is -2.44. The number of halogens is 6. The molecule has 0 aromatic heterocycles. The van der Waals surface area contributed by atoms with Crippen LogP contribution in [0.1, 0.15) is 31.4 Å². The summed E-state index contributed by atoms with van der Waals surface area (Å²) in [6.07, 6.45) is -9.71. The second-order valence-electron chi connectivity index (χ2n) is 5.86. The molecule has 0 aliphatic carbocycles. The number of nitriles is 1. The minimum absolute atomic E-state index is 0.0411. The molecular weight excluding hydrogens is 376 g/mol. The smallest absolute Gasteiger partial charge is 0.350 e. The SMILES string of the molecule is CCC(C(=O)N(C)CC)N(CC(F)(F)F)c1ccc(C#N)c(C(F)(F)F)c1. The number of amides is 1. The van der Waals surface area contributed by atoms with Gasteiger partial charge in [-0.3, -0.25) is 4.79 Å². The number of alkyl halides is 6. The zero-order valence-electron chi connectivity index (χ0n) is 14.9. The van der Waals surface area contributed by atoms with Gasteiger partial charge in [0.05, 0.1) is 17.2 Å². The van der Waals surface area contributed by atoms with Crippen LogP contribution >= 0.6 is 0 Å². The van der Waals surface area contributed by atoms with E-state index in [1.54, 1.807) is 6.92 Å². The molecule has 0 heterocycles. The van der Waals surface area contributed by atoms with Crippen LogP contribution in [0, 0.1) is 11.3 Å². The molecule has 1 aromatic rings. The number of carbonyl (C=O) groups excluding carboxylic acids is 1. The highest BCUT2D eigenvalue weighted by molar-refractivity contribution is 5.85. The minimum atomic E-state index is -4.92. The molecule has 1 atom stereocenters. The third-order valence-electron chi connectivity index (χ3n) is 4.01. The lowest BCUT2D eigenvalue weighted by molar-refractivity contribution is -0.137. The fourth-order valence-electron chi connectivity index (χ4n) is 2.56. The van der Waals surface area contributed by atoms with Crippen LogP contribution in [0.25, 0.3) is 0 Å². The molecule has 1 rings (SSSR count). The van der Waals surface area contributed by atoms with Crippen molar-refractivity contribution in [3.05, 3.63) is 29.3 Å². The lowest BCUT2D eigenvalue weighted by Gasteiger charge is -2.35. The summed E-state index contributed by atoms with van der Waals surface area (Å²) in [6, 6.07) is 2.35. The number of rotatable bonds is 6. The maximum absolute atomic E-state index is 13.2. The number of hydrogen-bond acceptors (Lipinski definition) is 3. The lowest BCUT2D eigenvalue weighted by atomic mass is 10.0. The van der Waals surface area contributed by atoms with Gasteiger partial charge < -0.3 is 9.80 Å². The summed E-state index contributed by atoms with van der Waals surface area (Å²) in [5, 5.41) is 8.84. The lowest BCUT2D eigenvalue weighted by Crippen LogP contribution is -2.50. The molecule has 0 N–H and O–H groups in total. The van der Waals surface area contributed by atoms with Crippen molar-refractivity contribution in [1.82, 2.24) is 4.90 Å². The second kappa shape index (κ2) is 8.50. The molecule has 0 fully saturated rings. The van der Waals surface area contributed by atoms with E-state index >= 15 is 0 Å². The first-order valence-electron chi connectivity index (χ1n) is 8.05. The monoisotopic (exact) mass is 395 g/mol. The maximum Gasteiger partial charge on any atom is 0.417 e. The van der Waals surface area contributed by atoms with Gasteiger partial charge in [-0.2, -0.15) is 31.6 Å². The first-order chi connectivity index (χ1) is 12.4. The van der Waals surface area contributed by atoms with Gasteiger partial charge in [-0.1, -0.05) is 6.92 Å². The molecule has 1 amide bonds. The van der Waals surface area contributed by atoms with Gasteiger partial charge in [0, 0.05) is 19.3 Å². The summed E-state index contributed by atoms with van der Waals surface area (Å²) < 4.78 is 78.7. The Morgan fingerprint density at radius 2 is 1.78 bits per heavy atom. The van der Waals surface area contributed by atoms with E-state index in [2.05, 4.69) is 0 Å². The fraction of sp³-hybridized carbons (Fsp3) is 0.529. The van der Waals surface area contributed by atoms with Crippen LogP contribution in [-0.2, 0) is 11.0 Å². The highest BCUT2D eigenvalue weighted by Gasteiger charge is 2.39. The Labute approximate surface area is 153 Å². The van der Waals surface area contributed by atoms with E-state index in [4.69, 9.17) is 5.26 Å². The number of benzene rings is 1. The van der Waals surface area contributed by atoms with Crippen LogP contribution in [0.4, 0.5) is 32.0 Å². The van der Waals surface area contributed by atoms with Gasteiger partial charge in [-0.15, -0.1) is 0 Å². The van der Waals surface area contributed by atoms with E-state index in [0.717, 1.165) is 12.1 Å². The number of likely N-dealkylation sites (N-methyl/N-ethyl adjacent to an activating group) is 1. The number of nitrogens with zero attached hydrogens (tertiary/aromatic N) is 3. The standard InChI is InChI=1S/C17H19F6N3O/c1-4-14(15(27)25(3)5-2)26(10-16(18,19)20)12-7-6-11(9-24)13(8-12)17(21,22)23/h6-8,14H,4-5,10H2,1-3H3. The quantitative estimate of drug-likeness (QED) is 0.679. The third kappa shape index (κ3) is 5.77. The van der Waals surface area contributed by atoms with E-state index in [0.29, 0.717) is 11.0 Å². The van der Waals surface area contributed by atoms with E-state index in [1.165, 1.54) is 24.9 Å². The molecule has 0 saturated carbocycles. The van der Waals surface area contributed by atoms with Crippen LogP contribution in [0.3, 0.4) is 0 Å². The minimum Gasteiger partial charge on any atom is -0.350 e. The van der Waals surface area contributed by atoms with E-state index in [1.807, 2.05) is 0 Å². The van der Waals surface area contributed by atoms with Gasteiger partial charge >= 0.3 is 12.4 Å². The maximum atomic E-state index is 13.2. The molecule has 0 aliphatic heterocycles. The molecule has 0 radical (unpaired) electrons. The summed E-state index contributed by atoms with van der Waals surface area (Å²) in [5.41, 5.74) is -2.48. The first-order valence-corrected chi connectivity index (χ1v) is 8.05. The first kappa shape index (κ1) is 22.6. The summed E-state index contributed by atoms with van der Waals surface area (Å²) in [6.45, 7) is 1.74. The van der Waals surface area contributed by atoms with Crippen molar-refractivity contribution < 1.29 is 31.1 Å². The Bertz CT molecular complexity index is 708. The molecule has 4 nitrogen and oxygen atoms in total. The van der Waals surface area contributed by atoms with Gasteiger partial charge in [0.1, 0.15) is 12.6 Å². The molecule has 0 spiro atoms. The van der Waals surface area contributed by atoms with Crippen molar-refractivity contribution in [1.29, 1.82) is 5.26 Å². The van der Waals surface area contributed by atoms with Crippen LogP contribution < -0.4 is 4.90 Å². The van der Waals surface area contributed by atoms with Gasteiger partial charge in [-0.05, 0) is 31.5 Å². The van der Waals surface area contributed by atoms with E-state index < -0.39 is 47.7 Å². The van der Waals surface area contributed by atoms with Crippen LogP contribution in [0.15, 0.2) is 18.2 Å². The number of hydrogen-bond donors (Lipinski definition) is 0. The molecule has 27 heavy (non-hydrogen) atoms. The van der Waals surface area contributed by atoms with Gasteiger partial charge in [0.2, 0.25) is 5.91 Å². The Kier molecular flexibility index (Phi) is 7.11. The zero-order chi connectivity index (χ0) is 21.0.